The second-order valence-corrected chi connectivity index (χ2v) is 4.86. The van der Waals surface area contributed by atoms with Gasteiger partial charge in [0, 0.05) is 7.11 Å². The van der Waals surface area contributed by atoms with Crippen molar-refractivity contribution in [3.8, 4) is 0 Å². The number of hydrazine groups is 1. The molecule has 0 fully saturated rings. The van der Waals surface area contributed by atoms with Gasteiger partial charge in [-0.2, -0.15) is 0 Å². The van der Waals surface area contributed by atoms with Gasteiger partial charge in [-0.25, -0.2) is 15.8 Å². The number of rotatable bonds is 4. The maximum absolute atomic E-state index is 5.51. The normalized spacial score (nSPS) is 14.8. The van der Waals surface area contributed by atoms with Crippen LogP contribution in [0.1, 0.15) is 26.1 Å². The number of fused-ring (bicyclic) bond motifs is 1. The Morgan fingerprint density at radius 3 is 2.88 bits per heavy atom. The number of aromatic nitrogens is 2. The SMILES string of the molecule is CCC(C)(OC)c1nc(NN)c2ccsc2n1. The zero-order valence-electron chi connectivity index (χ0n) is 10.2. The van der Waals surface area contributed by atoms with Gasteiger partial charge in [0.25, 0.3) is 0 Å². The van der Waals surface area contributed by atoms with E-state index in [1.165, 1.54) is 0 Å². The van der Waals surface area contributed by atoms with E-state index in [0.717, 1.165) is 16.6 Å². The van der Waals surface area contributed by atoms with Crippen LogP contribution >= 0.6 is 11.3 Å². The number of thiophene rings is 1. The highest BCUT2D eigenvalue weighted by molar-refractivity contribution is 7.16. The number of nitrogens with zero attached hydrogens (tertiary/aromatic N) is 2. The van der Waals surface area contributed by atoms with Crippen LogP contribution in [0, 0.1) is 0 Å². The molecule has 92 valence electrons. The number of nitrogens with one attached hydrogen (secondary N) is 1. The first-order chi connectivity index (χ1) is 8.14. The van der Waals surface area contributed by atoms with Crippen LogP contribution in [0.3, 0.4) is 0 Å². The number of nitrogen functional groups attached to an aromatic ring is 1. The molecule has 0 bridgehead atoms. The molecule has 5 nitrogen and oxygen atoms in total. The lowest BCUT2D eigenvalue weighted by atomic mass is 10.0. The van der Waals surface area contributed by atoms with Crippen molar-refractivity contribution in [3.05, 3.63) is 17.3 Å². The number of anilines is 1. The highest BCUT2D eigenvalue weighted by Crippen LogP contribution is 2.31. The van der Waals surface area contributed by atoms with E-state index in [9.17, 15) is 0 Å². The molecule has 2 rings (SSSR count). The van der Waals surface area contributed by atoms with Gasteiger partial charge in [0.2, 0.25) is 0 Å². The Morgan fingerprint density at radius 1 is 1.53 bits per heavy atom. The molecule has 0 saturated carbocycles. The third-order valence-corrected chi connectivity index (χ3v) is 3.87. The number of hydrogen-bond donors (Lipinski definition) is 2. The Labute approximate surface area is 104 Å². The van der Waals surface area contributed by atoms with E-state index in [2.05, 4.69) is 15.4 Å². The van der Waals surface area contributed by atoms with Crippen LogP contribution in [-0.4, -0.2) is 17.1 Å². The second-order valence-electron chi connectivity index (χ2n) is 3.97. The minimum Gasteiger partial charge on any atom is -0.371 e. The Morgan fingerprint density at radius 2 is 2.29 bits per heavy atom. The monoisotopic (exact) mass is 252 g/mol. The first-order valence-corrected chi connectivity index (χ1v) is 6.30. The first-order valence-electron chi connectivity index (χ1n) is 5.42. The standard InChI is InChI=1S/C11H16N4OS/c1-4-11(2,16-3)10-13-8(15-12)7-5-6-17-9(7)14-10/h5-6H,4,12H2,1-3H3,(H,13,14,15). The lowest BCUT2D eigenvalue weighted by Gasteiger charge is -2.25. The molecule has 1 atom stereocenters. The van der Waals surface area contributed by atoms with Crippen LogP contribution in [-0.2, 0) is 10.3 Å². The maximum Gasteiger partial charge on any atom is 0.163 e. The van der Waals surface area contributed by atoms with Crippen LogP contribution in [0.5, 0.6) is 0 Å². The predicted octanol–water partition coefficient (Wildman–Crippen LogP) is 2.25. The number of hydrogen-bond acceptors (Lipinski definition) is 6. The van der Waals surface area contributed by atoms with Gasteiger partial charge >= 0.3 is 0 Å². The smallest absolute Gasteiger partial charge is 0.163 e. The van der Waals surface area contributed by atoms with Crippen molar-refractivity contribution in [1.29, 1.82) is 0 Å². The molecule has 0 aliphatic carbocycles. The average molecular weight is 252 g/mol. The third kappa shape index (κ3) is 1.99. The summed E-state index contributed by atoms with van der Waals surface area (Å²) in [7, 11) is 1.67. The minimum atomic E-state index is -0.482. The summed E-state index contributed by atoms with van der Waals surface area (Å²) in [5.74, 6) is 6.79. The molecule has 0 spiro atoms. The number of methoxy groups -OCH3 is 1. The molecule has 0 aromatic carbocycles. The third-order valence-electron chi connectivity index (χ3n) is 3.06. The Kier molecular flexibility index (Phi) is 3.28. The van der Waals surface area contributed by atoms with Crippen molar-refractivity contribution >= 4 is 27.4 Å². The van der Waals surface area contributed by atoms with E-state index in [4.69, 9.17) is 10.6 Å². The topological polar surface area (TPSA) is 73.1 Å². The van der Waals surface area contributed by atoms with E-state index in [0.29, 0.717) is 11.6 Å². The van der Waals surface area contributed by atoms with Gasteiger partial charge in [-0.3, -0.25) is 0 Å². The molecule has 6 heteroatoms. The van der Waals surface area contributed by atoms with Crippen LogP contribution in [0.4, 0.5) is 5.82 Å². The molecular weight excluding hydrogens is 236 g/mol. The zero-order valence-corrected chi connectivity index (χ0v) is 11.0. The van der Waals surface area contributed by atoms with Crippen LogP contribution in [0.25, 0.3) is 10.2 Å². The van der Waals surface area contributed by atoms with E-state index in [1.54, 1.807) is 18.4 Å². The second kappa shape index (κ2) is 4.56. The largest absolute Gasteiger partial charge is 0.371 e. The molecule has 17 heavy (non-hydrogen) atoms. The van der Waals surface area contributed by atoms with E-state index in [-0.39, 0.29) is 0 Å². The number of ether oxygens (including phenoxy) is 1. The molecule has 0 aliphatic heterocycles. The van der Waals surface area contributed by atoms with Gasteiger partial charge in [-0.15, -0.1) is 11.3 Å². The molecule has 2 heterocycles. The van der Waals surface area contributed by atoms with Crippen molar-refractivity contribution < 1.29 is 4.74 Å². The van der Waals surface area contributed by atoms with E-state index >= 15 is 0 Å². The molecule has 0 saturated heterocycles. The zero-order chi connectivity index (χ0) is 12.5. The summed E-state index contributed by atoms with van der Waals surface area (Å²) in [6, 6.07) is 1.95. The highest BCUT2D eigenvalue weighted by atomic mass is 32.1. The highest BCUT2D eigenvalue weighted by Gasteiger charge is 2.28. The van der Waals surface area contributed by atoms with Crippen LogP contribution < -0.4 is 11.3 Å². The Hall–Kier alpha value is -1.24. The fourth-order valence-electron chi connectivity index (χ4n) is 1.60. The maximum atomic E-state index is 5.51. The molecule has 0 radical (unpaired) electrons. The molecule has 2 aromatic heterocycles. The van der Waals surface area contributed by atoms with Crippen LogP contribution in [0.15, 0.2) is 11.4 Å². The van der Waals surface area contributed by atoms with Crippen molar-refractivity contribution in [1.82, 2.24) is 9.97 Å². The summed E-state index contributed by atoms with van der Waals surface area (Å²) in [6.45, 7) is 4.02. The molecule has 0 aliphatic rings. The average Bonchev–Trinajstić information content (AvgIpc) is 2.84. The summed E-state index contributed by atoms with van der Waals surface area (Å²) >= 11 is 1.57. The fourth-order valence-corrected chi connectivity index (χ4v) is 2.36. The van der Waals surface area contributed by atoms with Crippen LogP contribution in [0.2, 0.25) is 0 Å². The van der Waals surface area contributed by atoms with Crippen molar-refractivity contribution in [2.24, 2.45) is 5.84 Å². The predicted molar refractivity (Wildman–Crippen MR) is 69.9 cm³/mol. The van der Waals surface area contributed by atoms with E-state index in [1.807, 2.05) is 25.3 Å². The van der Waals surface area contributed by atoms with Crippen molar-refractivity contribution in [2.75, 3.05) is 12.5 Å². The van der Waals surface area contributed by atoms with Crippen molar-refractivity contribution in [2.45, 2.75) is 25.9 Å². The fraction of sp³-hybridized carbons (Fsp3) is 0.455. The summed E-state index contributed by atoms with van der Waals surface area (Å²) in [5, 5.41) is 2.91. The van der Waals surface area contributed by atoms with Crippen molar-refractivity contribution in [3.63, 3.8) is 0 Å². The van der Waals surface area contributed by atoms with E-state index < -0.39 is 5.60 Å². The number of nitrogens with two attached hydrogens (primary N) is 1. The first kappa shape index (κ1) is 12.2. The van der Waals surface area contributed by atoms with Gasteiger partial charge in [-0.05, 0) is 24.8 Å². The lowest BCUT2D eigenvalue weighted by molar-refractivity contribution is -0.00854. The molecule has 0 amide bonds. The summed E-state index contributed by atoms with van der Waals surface area (Å²) in [6.07, 6.45) is 0.796. The van der Waals surface area contributed by atoms with Gasteiger partial charge in [0.05, 0.1) is 5.39 Å². The summed E-state index contributed by atoms with van der Waals surface area (Å²) in [4.78, 5) is 9.90. The van der Waals surface area contributed by atoms with Gasteiger partial charge < -0.3 is 10.2 Å². The Bertz CT molecular complexity index is 521. The van der Waals surface area contributed by atoms with Gasteiger partial charge in [0.15, 0.2) is 11.6 Å². The quantitative estimate of drug-likeness (QED) is 0.645. The molecule has 1 unspecified atom stereocenters. The molecular formula is C11H16N4OS. The summed E-state index contributed by atoms with van der Waals surface area (Å²) in [5.41, 5.74) is 2.13. The molecule has 3 N–H and O–H groups in total. The van der Waals surface area contributed by atoms with Gasteiger partial charge in [-0.1, -0.05) is 6.92 Å². The molecule has 2 aromatic rings. The van der Waals surface area contributed by atoms with Gasteiger partial charge in [0.1, 0.15) is 10.4 Å². The summed E-state index contributed by atoms with van der Waals surface area (Å²) < 4.78 is 5.51. The minimum absolute atomic E-state index is 0.482. The lowest BCUT2D eigenvalue weighted by Crippen LogP contribution is -2.27. The Balaban J connectivity index is 2.62.